The number of ether oxygens (including phenoxy) is 1. The molecule has 2 aromatic carbocycles. The van der Waals surface area contributed by atoms with Gasteiger partial charge in [-0.2, -0.15) is 0 Å². The number of H-pyrrole nitrogens is 1. The van der Waals surface area contributed by atoms with Gasteiger partial charge in [0.05, 0.1) is 6.04 Å². The fraction of sp³-hybridized carbons (Fsp3) is 0.174. The average Bonchev–Trinajstić information content (AvgIpc) is 3.24. The van der Waals surface area contributed by atoms with Crippen LogP contribution in [0.2, 0.25) is 0 Å². The van der Waals surface area contributed by atoms with Gasteiger partial charge in [-0.15, -0.1) is 0 Å². The normalized spacial score (nSPS) is 11.5. The Labute approximate surface area is 168 Å². The Morgan fingerprint density at radius 1 is 1.00 bits per heavy atom. The zero-order valence-corrected chi connectivity index (χ0v) is 16.1. The van der Waals surface area contributed by atoms with Crippen molar-refractivity contribution in [3.63, 3.8) is 0 Å². The van der Waals surface area contributed by atoms with Gasteiger partial charge in [0.1, 0.15) is 5.69 Å². The van der Waals surface area contributed by atoms with Crippen LogP contribution in [0.4, 0.5) is 0 Å². The smallest absolute Gasteiger partial charge is 0.355 e. The van der Waals surface area contributed by atoms with Crippen molar-refractivity contribution in [2.24, 2.45) is 0 Å². The van der Waals surface area contributed by atoms with Gasteiger partial charge in [0, 0.05) is 11.8 Å². The highest BCUT2D eigenvalue weighted by Gasteiger charge is 2.18. The van der Waals surface area contributed by atoms with Crippen LogP contribution < -0.4 is 5.32 Å². The first-order valence-corrected chi connectivity index (χ1v) is 9.27. The van der Waals surface area contributed by atoms with Gasteiger partial charge >= 0.3 is 5.97 Å². The van der Waals surface area contributed by atoms with Crippen molar-refractivity contribution in [2.45, 2.75) is 19.4 Å². The van der Waals surface area contributed by atoms with E-state index in [-0.39, 0.29) is 17.5 Å². The molecule has 0 aliphatic carbocycles. The summed E-state index contributed by atoms with van der Waals surface area (Å²) in [4.78, 5) is 38.5. The zero-order valence-electron chi connectivity index (χ0n) is 16.1. The molecule has 1 amide bonds. The number of Topliss-reactive ketones (excluding diaryl/α,β-unsaturated/α-hetero) is 1. The molecule has 148 valence electrons. The van der Waals surface area contributed by atoms with Crippen LogP contribution in [-0.4, -0.2) is 29.3 Å². The van der Waals surface area contributed by atoms with Gasteiger partial charge in [0.2, 0.25) is 0 Å². The third-order valence-electron chi connectivity index (χ3n) is 4.46. The Morgan fingerprint density at radius 3 is 2.28 bits per heavy atom. The molecule has 6 heteroatoms. The highest BCUT2D eigenvalue weighted by molar-refractivity contribution is 5.97. The number of carbonyl (C=O) groups excluding carboxylic acids is 3. The Kier molecular flexibility index (Phi) is 6.58. The van der Waals surface area contributed by atoms with E-state index in [2.05, 4.69) is 10.3 Å². The van der Waals surface area contributed by atoms with E-state index in [1.807, 2.05) is 60.7 Å². The number of aromatic nitrogens is 1. The van der Waals surface area contributed by atoms with Crippen LogP contribution in [-0.2, 0) is 16.0 Å². The first kappa shape index (κ1) is 20.1. The Bertz CT molecular complexity index is 980. The van der Waals surface area contributed by atoms with E-state index in [1.54, 1.807) is 0 Å². The molecule has 0 saturated carbocycles. The van der Waals surface area contributed by atoms with Crippen molar-refractivity contribution in [2.75, 3.05) is 6.61 Å². The van der Waals surface area contributed by atoms with Crippen LogP contribution in [0.5, 0.6) is 0 Å². The number of carbonyl (C=O) groups is 3. The quantitative estimate of drug-likeness (QED) is 0.455. The molecule has 0 unspecified atom stereocenters. The number of hydrogen-bond acceptors (Lipinski definition) is 4. The summed E-state index contributed by atoms with van der Waals surface area (Å²) in [5.74, 6) is -1.25. The molecule has 0 bridgehead atoms. The number of rotatable bonds is 8. The second kappa shape index (κ2) is 9.50. The predicted octanol–water partition coefficient (Wildman–Crippen LogP) is 3.47. The maximum absolute atomic E-state index is 12.4. The third kappa shape index (κ3) is 5.65. The highest BCUT2D eigenvalue weighted by atomic mass is 16.5. The first-order valence-electron chi connectivity index (χ1n) is 9.27. The Morgan fingerprint density at radius 2 is 1.66 bits per heavy atom. The minimum Gasteiger partial charge on any atom is -0.451 e. The molecule has 6 nitrogen and oxygen atoms in total. The summed E-state index contributed by atoms with van der Waals surface area (Å²) in [7, 11) is 0. The van der Waals surface area contributed by atoms with E-state index in [1.165, 1.54) is 19.2 Å². The SMILES string of the molecule is CC(=O)c1c[nH]c(C(=O)OCC(=O)N[C@@H](Cc2ccccc2)c2ccccc2)c1. The predicted molar refractivity (Wildman–Crippen MR) is 109 cm³/mol. The van der Waals surface area contributed by atoms with Crippen molar-refractivity contribution in [1.82, 2.24) is 10.3 Å². The van der Waals surface area contributed by atoms with Crippen molar-refractivity contribution < 1.29 is 19.1 Å². The number of amides is 1. The Hall–Kier alpha value is -3.67. The second-order valence-electron chi connectivity index (χ2n) is 6.65. The van der Waals surface area contributed by atoms with E-state index in [0.29, 0.717) is 12.0 Å². The molecule has 0 fully saturated rings. The lowest BCUT2D eigenvalue weighted by molar-refractivity contribution is -0.125. The molecule has 2 N–H and O–H groups in total. The van der Waals surface area contributed by atoms with Crippen LogP contribution >= 0.6 is 0 Å². The molecule has 0 aliphatic heterocycles. The van der Waals surface area contributed by atoms with Crippen LogP contribution in [0.1, 0.15) is 44.9 Å². The maximum atomic E-state index is 12.4. The maximum Gasteiger partial charge on any atom is 0.355 e. The van der Waals surface area contributed by atoms with E-state index >= 15 is 0 Å². The molecule has 3 aromatic rings. The lowest BCUT2D eigenvalue weighted by Crippen LogP contribution is -2.33. The van der Waals surface area contributed by atoms with E-state index in [9.17, 15) is 14.4 Å². The summed E-state index contributed by atoms with van der Waals surface area (Å²) < 4.78 is 5.08. The minimum absolute atomic E-state index is 0.131. The van der Waals surface area contributed by atoms with Crippen molar-refractivity contribution >= 4 is 17.7 Å². The summed E-state index contributed by atoms with van der Waals surface area (Å²) in [6.45, 7) is 0.994. The molecule has 0 saturated heterocycles. The van der Waals surface area contributed by atoms with Crippen molar-refractivity contribution in [3.8, 4) is 0 Å². The summed E-state index contributed by atoms with van der Waals surface area (Å²) in [6.07, 6.45) is 2.05. The van der Waals surface area contributed by atoms with Gasteiger partial charge in [-0.1, -0.05) is 60.7 Å². The number of benzene rings is 2. The number of esters is 1. The molecule has 3 rings (SSSR count). The molecule has 0 spiro atoms. The molecular weight excluding hydrogens is 368 g/mol. The van der Waals surface area contributed by atoms with Gasteiger partial charge in [0.25, 0.3) is 5.91 Å². The van der Waals surface area contributed by atoms with Crippen molar-refractivity contribution in [1.29, 1.82) is 0 Å². The van der Waals surface area contributed by atoms with Gasteiger partial charge < -0.3 is 15.0 Å². The van der Waals surface area contributed by atoms with E-state index < -0.39 is 18.5 Å². The fourth-order valence-corrected chi connectivity index (χ4v) is 2.95. The minimum atomic E-state index is -0.688. The molecule has 1 heterocycles. The average molecular weight is 390 g/mol. The van der Waals surface area contributed by atoms with Gasteiger partial charge in [0.15, 0.2) is 12.4 Å². The first-order chi connectivity index (χ1) is 14.0. The molecule has 0 radical (unpaired) electrons. The number of nitrogens with one attached hydrogen (secondary N) is 2. The summed E-state index contributed by atoms with van der Waals surface area (Å²) in [5, 5.41) is 2.93. The lowest BCUT2D eigenvalue weighted by atomic mass is 9.99. The second-order valence-corrected chi connectivity index (χ2v) is 6.65. The monoisotopic (exact) mass is 390 g/mol. The van der Waals surface area contributed by atoms with Crippen LogP contribution in [0.3, 0.4) is 0 Å². The lowest BCUT2D eigenvalue weighted by Gasteiger charge is -2.19. The standard InChI is InChI=1S/C23H22N2O4/c1-16(26)19-13-21(24-14-19)23(28)29-15-22(27)25-20(18-10-6-3-7-11-18)12-17-8-4-2-5-9-17/h2-11,13-14,20,24H,12,15H2,1H3,(H,25,27)/t20-/m0/s1. The highest BCUT2D eigenvalue weighted by Crippen LogP contribution is 2.18. The Balaban J connectivity index is 1.62. The zero-order chi connectivity index (χ0) is 20.6. The molecule has 29 heavy (non-hydrogen) atoms. The summed E-state index contributed by atoms with van der Waals surface area (Å²) in [5.41, 5.74) is 2.56. The third-order valence-corrected chi connectivity index (χ3v) is 4.46. The summed E-state index contributed by atoms with van der Waals surface area (Å²) >= 11 is 0. The van der Waals surface area contributed by atoms with Gasteiger partial charge in [-0.05, 0) is 30.5 Å². The summed E-state index contributed by atoms with van der Waals surface area (Å²) in [6, 6.07) is 20.6. The van der Waals surface area contributed by atoms with E-state index in [4.69, 9.17) is 4.74 Å². The number of aromatic amines is 1. The van der Waals surface area contributed by atoms with Crippen molar-refractivity contribution in [3.05, 3.63) is 95.3 Å². The van der Waals surface area contributed by atoms with E-state index in [0.717, 1.165) is 11.1 Å². The molecule has 1 aromatic heterocycles. The molecule has 1 atom stereocenters. The molecule has 0 aliphatic rings. The molecular formula is C23H22N2O4. The van der Waals surface area contributed by atoms with Gasteiger partial charge in [-0.25, -0.2) is 4.79 Å². The number of hydrogen-bond donors (Lipinski definition) is 2. The fourth-order valence-electron chi connectivity index (χ4n) is 2.95. The van der Waals surface area contributed by atoms with Crippen LogP contribution in [0.25, 0.3) is 0 Å². The van der Waals surface area contributed by atoms with Crippen LogP contribution in [0.15, 0.2) is 72.9 Å². The number of ketones is 1. The largest absolute Gasteiger partial charge is 0.451 e. The van der Waals surface area contributed by atoms with Gasteiger partial charge in [-0.3, -0.25) is 9.59 Å². The van der Waals surface area contributed by atoms with Crippen LogP contribution in [0, 0.1) is 0 Å². The topological polar surface area (TPSA) is 88.3 Å².